The predicted molar refractivity (Wildman–Crippen MR) is 87.6 cm³/mol. The molecule has 0 fully saturated rings. The van der Waals surface area contributed by atoms with Gasteiger partial charge in [-0.15, -0.1) is 0 Å². The number of nitrogens with zero attached hydrogens (tertiary/aromatic N) is 1. The van der Waals surface area contributed by atoms with Crippen molar-refractivity contribution >= 4 is 33.2 Å². The summed E-state index contributed by atoms with van der Waals surface area (Å²) in [7, 11) is 3.90. The second-order valence-electron chi connectivity index (χ2n) is 4.83. The molecular formula is C16H17BrN2O. The zero-order valence-electron chi connectivity index (χ0n) is 11.8. The van der Waals surface area contributed by atoms with E-state index in [1.807, 2.05) is 68.4 Å². The van der Waals surface area contributed by atoms with Crippen molar-refractivity contribution in [3.05, 3.63) is 58.1 Å². The van der Waals surface area contributed by atoms with Crippen LogP contribution in [0.1, 0.15) is 15.9 Å². The SMILES string of the molecule is Cc1ccc(C(=O)Nc2ccccc2N(C)C)cc1Br. The molecule has 0 radical (unpaired) electrons. The molecule has 20 heavy (non-hydrogen) atoms. The lowest BCUT2D eigenvalue weighted by molar-refractivity contribution is 0.102. The van der Waals surface area contributed by atoms with E-state index in [4.69, 9.17) is 0 Å². The Labute approximate surface area is 127 Å². The highest BCUT2D eigenvalue weighted by atomic mass is 79.9. The van der Waals surface area contributed by atoms with Crippen molar-refractivity contribution in [2.45, 2.75) is 6.92 Å². The highest BCUT2D eigenvalue weighted by Crippen LogP contribution is 2.25. The van der Waals surface area contributed by atoms with Crippen LogP contribution in [0.4, 0.5) is 11.4 Å². The maximum absolute atomic E-state index is 12.3. The van der Waals surface area contributed by atoms with E-state index in [1.165, 1.54) is 0 Å². The summed E-state index contributed by atoms with van der Waals surface area (Å²) >= 11 is 3.45. The molecule has 0 heterocycles. The van der Waals surface area contributed by atoms with Gasteiger partial charge in [-0.25, -0.2) is 0 Å². The number of aryl methyl sites for hydroxylation is 1. The summed E-state index contributed by atoms with van der Waals surface area (Å²) in [6.45, 7) is 1.99. The van der Waals surface area contributed by atoms with Crippen LogP contribution < -0.4 is 10.2 Å². The summed E-state index contributed by atoms with van der Waals surface area (Å²) in [4.78, 5) is 14.3. The molecule has 0 spiro atoms. The van der Waals surface area contributed by atoms with Gasteiger partial charge in [-0.1, -0.05) is 34.1 Å². The third-order valence-electron chi connectivity index (χ3n) is 3.07. The lowest BCUT2D eigenvalue weighted by atomic mass is 10.1. The van der Waals surface area contributed by atoms with Crippen molar-refractivity contribution in [1.82, 2.24) is 0 Å². The Morgan fingerprint density at radius 3 is 2.50 bits per heavy atom. The molecule has 0 atom stereocenters. The number of benzene rings is 2. The van der Waals surface area contributed by atoms with Gasteiger partial charge in [-0.05, 0) is 36.8 Å². The quantitative estimate of drug-likeness (QED) is 0.918. The van der Waals surface area contributed by atoms with Crippen molar-refractivity contribution in [1.29, 1.82) is 0 Å². The van der Waals surface area contributed by atoms with Crippen LogP contribution in [0, 0.1) is 6.92 Å². The minimum Gasteiger partial charge on any atom is -0.376 e. The number of para-hydroxylation sites is 2. The van der Waals surface area contributed by atoms with Crippen LogP contribution in [-0.4, -0.2) is 20.0 Å². The summed E-state index contributed by atoms with van der Waals surface area (Å²) in [5.41, 5.74) is 3.53. The van der Waals surface area contributed by atoms with Crippen molar-refractivity contribution in [2.75, 3.05) is 24.3 Å². The molecule has 1 amide bonds. The Morgan fingerprint density at radius 1 is 1.15 bits per heavy atom. The zero-order chi connectivity index (χ0) is 14.7. The van der Waals surface area contributed by atoms with E-state index in [-0.39, 0.29) is 5.91 Å². The molecule has 0 aliphatic rings. The van der Waals surface area contributed by atoms with E-state index >= 15 is 0 Å². The first-order valence-corrected chi connectivity index (χ1v) is 7.12. The molecule has 2 aromatic rings. The number of carbonyl (C=O) groups is 1. The van der Waals surface area contributed by atoms with Gasteiger partial charge in [-0.3, -0.25) is 4.79 Å². The largest absolute Gasteiger partial charge is 0.376 e. The fourth-order valence-corrected chi connectivity index (χ4v) is 2.28. The Morgan fingerprint density at radius 2 is 1.85 bits per heavy atom. The van der Waals surface area contributed by atoms with Crippen molar-refractivity contribution in [3.8, 4) is 0 Å². The third kappa shape index (κ3) is 3.20. The van der Waals surface area contributed by atoms with Crippen molar-refractivity contribution in [3.63, 3.8) is 0 Å². The molecule has 0 aromatic heterocycles. The van der Waals surface area contributed by atoms with Crippen LogP contribution in [0.3, 0.4) is 0 Å². The lowest BCUT2D eigenvalue weighted by Crippen LogP contribution is -2.16. The number of halogens is 1. The van der Waals surface area contributed by atoms with Crippen molar-refractivity contribution < 1.29 is 4.79 Å². The summed E-state index contributed by atoms with van der Waals surface area (Å²) in [5, 5.41) is 2.95. The minimum absolute atomic E-state index is 0.111. The average Bonchev–Trinajstić information content (AvgIpc) is 2.42. The highest BCUT2D eigenvalue weighted by molar-refractivity contribution is 9.10. The highest BCUT2D eigenvalue weighted by Gasteiger charge is 2.10. The normalized spacial score (nSPS) is 10.2. The topological polar surface area (TPSA) is 32.3 Å². The van der Waals surface area contributed by atoms with Gasteiger partial charge >= 0.3 is 0 Å². The number of carbonyl (C=O) groups excluding carboxylic acids is 1. The summed E-state index contributed by atoms with van der Waals surface area (Å²) in [5.74, 6) is -0.111. The fraction of sp³-hybridized carbons (Fsp3) is 0.188. The summed E-state index contributed by atoms with van der Waals surface area (Å²) in [6, 6.07) is 13.3. The van der Waals surface area contributed by atoms with Crippen LogP contribution >= 0.6 is 15.9 Å². The number of amides is 1. The smallest absolute Gasteiger partial charge is 0.255 e. The van der Waals surface area contributed by atoms with Crippen LogP contribution in [-0.2, 0) is 0 Å². The van der Waals surface area contributed by atoms with Gasteiger partial charge in [0.25, 0.3) is 5.91 Å². The average molecular weight is 333 g/mol. The molecule has 2 aromatic carbocycles. The first-order valence-electron chi connectivity index (χ1n) is 6.33. The molecule has 0 saturated heterocycles. The van der Waals surface area contributed by atoms with Gasteiger partial charge in [0.15, 0.2) is 0 Å². The van der Waals surface area contributed by atoms with E-state index in [2.05, 4.69) is 21.2 Å². The van der Waals surface area contributed by atoms with Gasteiger partial charge in [-0.2, -0.15) is 0 Å². The standard InChI is InChI=1S/C16H17BrN2O/c1-11-8-9-12(10-13(11)17)16(20)18-14-6-4-5-7-15(14)19(2)3/h4-10H,1-3H3,(H,18,20). The number of anilines is 2. The predicted octanol–water partition coefficient (Wildman–Crippen LogP) is 4.08. The first kappa shape index (κ1) is 14.6. The van der Waals surface area contributed by atoms with Gasteiger partial charge in [0.05, 0.1) is 11.4 Å². The molecule has 0 aliphatic heterocycles. The number of nitrogens with one attached hydrogen (secondary N) is 1. The van der Waals surface area contributed by atoms with E-state index in [0.717, 1.165) is 21.4 Å². The number of hydrogen-bond acceptors (Lipinski definition) is 2. The number of hydrogen-bond donors (Lipinski definition) is 1. The molecule has 104 valence electrons. The Kier molecular flexibility index (Phi) is 4.45. The third-order valence-corrected chi connectivity index (χ3v) is 3.92. The van der Waals surface area contributed by atoms with Crippen molar-refractivity contribution in [2.24, 2.45) is 0 Å². The van der Waals surface area contributed by atoms with Gasteiger partial charge in [0.2, 0.25) is 0 Å². The molecule has 4 heteroatoms. The van der Waals surface area contributed by atoms with E-state index < -0.39 is 0 Å². The lowest BCUT2D eigenvalue weighted by Gasteiger charge is -2.17. The van der Waals surface area contributed by atoms with E-state index in [1.54, 1.807) is 0 Å². The molecular weight excluding hydrogens is 316 g/mol. The summed E-state index contributed by atoms with van der Waals surface area (Å²) in [6.07, 6.45) is 0. The zero-order valence-corrected chi connectivity index (χ0v) is 13.4. The molecule has 0 bridgehead atoms. The second kappa shape index (κ2) is 6.09. The first-order chi connectivity index (χ1) is 9.49. The van der Waals surface area contributed by atoms with Gasteiger partial charge in [0.1, 0.15) is 0 Å². The minimum atomic E-state index is -0.111. The van der Waals surface area contributed by atoms with Crippen LogP contribution in [0.5, 0.6) is 0 Å². The van der Waals surface area contributed by atoms with Crippen LogP contribution in [0.15, 0.2) is 46.9 Å². The van der Waals surface area contributed by atoms with Crippen LogP contribution in [0.25, 0.3) is 0 Å². The Hall–Kier alpha value is -1.81. The maximum Gasteiger partial charge on any atom is 0.255 e. The van der Waals surface area contributed by atoms with E-state index in [9.17, 15) is 4.79 Å². The molecule has 2 rings (SSSR count). The Balaban J connectivity index is 2.26. The van der Waals surface area contributed by atoms with Gasteiger partial charge < -0.3 is 10.2 Å². The fourth-order valence-electron chi connectivity index (χ4n) is 1.90. The second-order valence-corrected chi connectivity index (χ2v) is 5.68. The summed E-state index contributed by atoms with van der Waals surface area (Å²) < 4.78 is 0.936. The van der Waals surface area contributed by atoms with E-state index in [0.29, 0.717) is 5.56 Å². The molecule has 0 saturated carbocycles. The Bertz CT molecular complexity index is 638. The monoisotopic (exact) mass is 332 g/mol. The van der Waals surface area contributed by atoms with Gasteiger partial charge in [0, 0.05) is 24.1 Å². The van der Waals surface area contributed by atoms with Crippen LogP contribution in [0.2, 0.25) is 0 Å². The molecule has 3 nitrogen and oxygen atoms in total. The molecule has 1 N–H and O–H groups in total. The molecule has 0 aliphatic carbocycles. The molecule has 0 unspecified atom stereocenters. The number of rotatable bonds is 3. The maximum atomic E-state index is 12.3.